The molecule has 1 nitrogen and oxygen atoms in total. The van der Waals surface area contributed by atoms with Crippen LogP contribution < -0.4 is 10.4 Å². The first-order valence-corrected chi connectivity index (χ1v) is 10.4. The lowest BCUT2D eigenvalue weighted by Gasteiger charge is -2.41. The van der Waals surface area contributed by atoms with Crippen LogP contribution in [0, 0.1) is 0 Å². The third-order valence-corrected chi connectivity index (χ3v) is 9.11. The molecule has 0 aromatic heterocycles. The summed E-state index contributed by atoms with van der Waals surface area (Å²) in [6, 6.07) is 21.5. The minimum Gasteiger partial charge on any atom is -0.540 e. The van der Waals surface area contributed by atoms with Gasteiger partial charge in [0.15, 0.2) is 0 Å². The van der Waals surface area contributed by atoms with Gasteiger partial charge in [0.2, 0.25) is 0 Å². The van der Waals surface area contributed by atoms with E-state index >= 15 is 0 Å². The van der Waals surface area contributed by atoms with E-state index in [2.05, 4.69) is 94.4 Å². The molecule has 0 radical (unpaired) electrons. The molecule has 0 amide bonds. The lowest BCUT2D eigenvalue weighted by atomic mass is 10.2. The van der Waals surface area contributed by atoms with E-state index < -0.39 is 8.32 Å². The second kappa shape index (κ2) is 7.65. The van der Waals surface area contributed by atoms with Gasteiger partial charge in [-0.1, -0.05) is 101 Å². The molecule has 2 aromatic rings. The minimum atomic E-state index is -2.39. The van der Waals surface area contributed by atoms with Crippen molar-refractivity contribution in [3.05, 3.63) is 73.0 Å². The molecule has 2 aromatic carbocycles. The first-order chi connectivity index (χ1) is 11.0. The van der Waals surface area contributed by atoms with Gasteiger partial charge in [0.05, 0.1) is 6.26 Å². The van der Waals surface area contributed by atoms with Crippen LogP contribution in [0.4, 0.5) is 0 Å². The molecule has 0 bridgehead atoms. The van der Waals surface area contributed by atoms with E-state index in [0.717, 1.165) is 12.8 Å². The number of hydrogen-bond donors (Lipinski definition) is 0. The molecule has 2 rings (SSSR count). The third-order valence-electron chi connectivity index (χ3n) is 4.21. The number of rotatable bonds is 6. The monoisotopic (exact) mass is 324 g/mol. The van der Waals surface area contributed by atoms with Crippen molar-refractivity contribution < 1.29 is 4.43 Å². The number of hydrogen-bond acceptors (Lipinski definition) is 1. The van der Waals surface area contributed by atoms with Crippen LogP contribution >= 0.6 is 0 Å². The summed E-state index contributed by atoms with van der Waals surface area (Å²) in [7, 11) is -2.39. The van der Waals surface area contributed by atoms with E-state index in [0.29, 0.717) is 0 Å². The highest BCUT2D eigenvalue weighted by molar-refractivity contribution is 6.99. The van der Waals surface area contributed by atoms with Crippen molar-refractivity contribution in [3.8, 4) is 0 Å². The minimum absolute atomic E-state index is 0.0340. The number of allylic oxidation sites excluding steroid dienone is 1. The molecule has 0 unspecified atom stereocenters. The molecular weight excluding hydrogens is 296 g/mol. The second-order valence-corrected chi connectivity index (χ2v) is 11.2. The second-order valence-electron chi connectivity index (χ2n) is 6.94. The first kappa shape index (κ1) is 17.5. The Labute approximate surface area is 142 Å². The van der Waals surface area contributed by atoms with Gasteiger partial charge in [0, 0.05) is 0 Å². The Bertz CT molecular complexity index is 572. The van der Waals surface area contributed by atoms with E-state index in [1.54, 1.807) is 0 Å². The maximum Gasteiger partial charge on any atom is 0.319 e. The van der Waals surface area contributed by atoms with E-state index in [-0.39, 0.29) is 5.04 Å². The fourth-order valence-corrected chi connectivity index (χ4v) is 7.39. The molecule has 0 heterocycles. The molecule has 122 valence electrons. The van der Waals surface area contributed by atoms with E-state index in [1.807, 2.05) is 6.26 Å². The Kier molecular flexibility index (Phi) is 5.84. The number of benzene rings is 2. The summed E-state index contributed by atoms with van der Waals surface area (Å²) in [5.74, 6) is 0. The summed E-state index contributed by atoms with van der Waals surface area (Å²) in [5.41, 5.74) is 0. The van der Waals surface area contributed by atoms with Crippen LogP contribution in [0.15, 0.2) is 73.0 Å². The molecule has 0 N–H and O–H groups in total. The maximum absolute atomic E-state index is 6.63. The summed E-state index contributed by atoms with van der Waals surface area (Å²) in [5, 5.41) is 2.67. The summed E-state index contributed by atoms with van der Waals surface area (Å²) >= 11 is 0. The van der Waals surface area contributed by atoms with Crippen LogP contribution in [0.5, 0.6) is 0 Å². The Morgan fingerprint density at radius 2 is 1.35 bits per heavy atom. The molecule has 0 aliphatic carbocycles. The van der Waals surface area contributed by atoms with Gasteiger partial charge in [-0.15, -0.1) is 0 Å². The molecule has 23 heavy (non-hydrogen) atoms. The Balaban J connectivity index is 2.60. The lowest BCUT2D eigenvalue weighted by Crippen LogP contribution is -2.65. The fraction of sp³-hybridized carbons (Fsp3) is 0.333. The van der Waals surface area contributed by atoms with Gasteiger partial charge in [-0.2, -0.15) is 0 Å². The molecule has 0 saturated carbocycles. The van der Waals surface area contributed by atoms with Gasteiger partial charge < -0.3 is 4.43 Å². The zero-order chi connectivity index (χ0) is 16.8. The third kappa shape index (κ3) is 3.76. The van der Waals surface area contributed by atoms with Crippen LogP contribution in [0.1, 0.15) is 40.5 Å². The quantitative estimate of drug-likeness (QED) is 0.544. The molecule has 0 fully saturated rings. The van der Waals surface area contributed by atoms with Crippen molar-refractivity contribution in [1.82, 2.24) is 0 Å². The normalized spacial score (nSPS) is 12.5. The standard InChI is InChI=1S/C21H28OSi/c1-5-6-13-18-22-23(21(2,3)4,19-14-9-7-10-15-19)20-16-11-8-12-17-20/h7-18H,5-6H2,1-4H3. The Hall–Kier alpha value is -1.80. The molecule has 2 heteroatoms. The molecular formula is C21H28OSi. The van der Waals surface area contributed by atoms with Crippen molar-refractivity contribution in [2.75, 3.05) is 0 Å². The predicted molar refractivity (Wildman–Crippen MR) is 103 cm³/mol. The lowest BCUT2D eigenvalue weighted by molar-refractivity contribution is 0.442. The van der Waals surface area contributed by atoms with E-state index in [1.165, 1.54) is 10.4 Å². The predicted octanol–water partition coefficient (Wildman–Crippen LogP) is 4.88. The van der Waals surface area contributed by atoms with Crippen LogP contribution in [-0.2, 0) is 4.43 Å². The van der Waals surface area contributed by atoms with Crippen molar-refractivity contribution in [2.24, 2.45) is 0 Å². The molecule has 0 saturated heterocycles. The number of unbranched alkanes of at least 4 members (excludes halogenated alkanes) is 1. The first-order valence-electron chi connectivity index (χ1n) is 8.46. The van der Waals surface area contributed by atoms with Crippen LogP contribution in [0.3, 0.4) is 0 Å². The van der Waals surface area contributed by atoms with Crippen molar-refractivity contribution in [3.63, 3.8) is 0 Å². The summed E-state index contributed by atoms with van der Waals surface area (Å²) in [6.07, 6.45) is 6.29. The summed E-state index contributed by atoms with van der Waals surface area (Å²) < 4.78 is 6.63. The Morgan fingerprint density at radius 1 is 0.870 bits per heavy atom. The zero-order valence-corrected chi connectivity index (χ0v) is 15.8. The molecule has 0 aliphatic heterocycles. The van der Waals surface area contributed by atoms with Crippen molar-refractivity contribution >= 4 is 18.7 Å². The topological polar surface area (TPSA) is 9.23 Å². The maximum atomic E-state index is 6.63. The van der Waals surface area contributed by atoms with Crippen LogP contribution in [0.2, 0.25) is 5.04 Å². The SMILES string of the molecule is CCCC=CO[Si](c1ccccc1)(c1ccccc1)C(C)(C)C. The van der Waals surface area contributed by atoms with E-state index in [4.69, 9.17) is 4.43 Å². The van der Waals surface area contributed by atoms with Gasteiger partial charge in [0.1, 0.15) is 0 Å². The summed E-state index contributed by atoms with van der Waals surface area (Å²) in [6.45, 7) is 9.08. The van der Waals surface area contributed by atoms with Gasteiger partial charge in [0.25, 0.3) is 0 Å². The average molecular weight is 325 g/mol. The highest BCUT2D eigenvalue weighted by Gasteiger charge is 2.51. The largest absolute Gasteiger partial charge is 0.540 e. The van der Waals surface area contributed by atoms with Crippen molar-refractivity contribution in [2.45, 2.75) is 45.6 Å². The van der Waals surface area contributed by atoms with Gasteiger partial charge in [-0.05, 0) is 21.8 Å². The van der Waals surface area contributed by atoms with Crippen LogP contribution in [-0.4, -0.2) is 8.32 Å². The highest BCUT2D eigenvalue weighted by atomic mass is 28.4. The average Bonchev–Trinajstić information content (AvgIpc) is 2.55. The molecule has 0 aliphatic rings. The Morgan fingerprint density at radius 3 is 1.74 bits per heavy atom. The fourth-order valence-electron chi connectivity index (χ4n) is 3.08. The van der Waals surface area contributed by atoms with Gasteiger partial charge >= 0.3 is 8.32 Å². The van der Waals surface area contributed by atoms with Gasteiger partial charge in [-0.3, -0.25) is 0 Å². The van der Waals surface area contributed by atoms with Crippen molar-refractivity contribution in [1.29, 1.82) is 0 Å². The molecule has 0 spiro atoms. The van der Waals surface area contributed by atoms with E-state index in [9.17, 15) is 0 Å². The molecule has 0 atom stereocenters. The smallest absolute Gasteiger partial charge is 0.319 e. The summed E-state index contributed by atoms with van der Waals surface area (Å²) in [4.78, 5) is 0. The van der Waals surface area contributed by atoms with Gasteiger partial charge in [-0.25, -0.2) is 0 Å². The highest BCUT2D eigenvalue weighted by Crippen LogP contribution is 2.36. The van der Waals surface area contributed by atoms with Crippen LogP contribution in [0.25, 0.3) is 0 Å². The zero-order valence-electron chi connectivity index (χ0n) is 14.8.